The van der Waals surface area contributed by atoms with Crippen molar-refractivity contribution in [1.82, 2.24) is 5.32 Å². The van der Waals surface area contributed by atoms with Gasteiger partial charge in [-0.1, -0.05) is 189 Å². The van der Waals surface area contributed by atoms with Crippen molar-refractivity contribution in [2.45, 2.75) is 22.5 Å². The fraction of sp³-hybridized carbons (Fsp3) is 0.167. The zero-order valence-electron chi connectivity index (χ0n) is 30.9. The molecule has 7 heteroatoms. The standard InChI is InChI=1S/C48H45NO4S2/c1-37(2)45(50)52-34-33-49-46(51)53-44(35-54-47(38-21-9-3-10-22-38,39-23-11-4-12-24-39)40-25-13-5-14-26-40)36-55-48(41-27-15-6-16-28-41,42-29-17-7-18-30-42)43-31-19-8-20-32-43/h3-32,44H,1,33-36H2,2H3,(H,49,51). The van der Waals surface area contributed by atoms with Crippen LogP contribution < -0.4 is 5.32 Å². The fourth-order valence-corrected chi connectivity index (χ4v) is 9.91. The van der Waals surface area contributed by atoms with Gasteiger partial charge < -0.3 is 14.8 Å². The van der Waals surface area contributed by atoms with Gasteiger partial charge in [0.25, 0.3) is 0 Å². The first-order chi connectivity index (χ1) is 26.9. The monoisotopic (exact) mass is 763 g/mol. The van der Waals surface area contributed by atoms with Gasteiger partial charge >= 0.3 is 12.1 Å². The van der Waals surface area contributed by atoms with Crippen molar-refractivity contribution in [3.8, 4) is 0 Å². The highest BCUT2D eigenvalue weighted by molar-refractivity contribution is 8.01. The number of hydrogen-bond acceptors (Lipinski definition) is 6. The van der Waals surface area contributed by atoms with Crippen LogP contribution in [-0.4, -0.2) is 42.8 Å². The van der Waals surface area contributed by atoms with Crippen molar-refractivity contribution >= 4 is 35.6 Å². The number of hydrogen-bond donors (Lipinski definition) is 1. The molecule has 1 amide bonds. The van der Waals surface area contributed by atoms with Gasteiger partial charge in [0.05, 0.1) is 16.0 Å². The van der Waals surface area contributed by atoms with Crippen molar-refractivity contribution in [3.05, 3.63) is 228 Å². The van der Waals surface area contributed by atoms with Crippen LogP contribution in [0.15, 0.2) is 194 Å². The van der Waals surface area contributed by atoms with Gasteiger partial charge in [-0.15, -0.1) is 23.5 Å². The Labute approximate surface area is 333 Å². The summed E-state index contributed by atoms with van der Waals surface area (Å²) < 4.78 is 10.4. The van der Waals surface area contributed by atoms with Crippen molar-refractivity contribution in [1.29, 1.82) is 0 Å². The predicted octanol–water partition coefficient (Wildman–Crippen LogP) is 10.7. The molecule has 278 valence electrons. The molecule has 0 spiro atoms. The molecule has 6 aromatic carbocycles. The first-order valence-corrected chi connectivity index (χ1v) is 20.3. The number of carbonyl (C=O) groups is 2. The first-order valence-electron chi connectivity index (χ1n) is 18.3. The van der Waals surface area contributed by atoms with E-state index in [9.17, 15) is 9.59 Å². The molecule has 0 bridgehead atoms. The van der Waals surface area contributed by atoms with Crippen molar-refractivity contribution in [2.24, 2.45) is 0 Å². The molecule has 6 aromatic rings. The molecule has 6 rings (SSSR count). The zero-order valence-corrected chi connectivity index (χ0v) is 32.5. The molecule has 0 aliphatic heterocycles. The Hall–Kier alpha value is -5.50. The van der Waals surface area contributed by atoms with Crippen LogP contribution in [0.4, 0.5) is 4.79 Å². The molecule has 0 unspecified atom stereocenters. The SMILES string of the molecule is C=C(C)C(=O)OCCNC(=O)OC(CSC(c1ccccc1)(c1ccccc1)c1ccccc1)CSC(c1ccccc1)(c1ccccc1)c1ccccc1. The lowest BCUT2D eigenvalue weighted by Crippen LogP contribution is -2.36. The molecule has 0 aliphatic rings. The molecule has 0 aromatic heterocycles. The van der Waals surface area contributed by atoms with E-state index in [4.69, 9.17) is 9.47 Å². The second-order valence-corrected chi connectivity index (χ2v) is 15.5. The van der Waals surface area contributed by atoms with Gasteiger partial charge in [0.2, 0.25) is 0 Å². The number of alkyl carbamates (subject to hydrolysis) is 1. The Morgan fingerprint density at radius 3 is 1.11 bits per heavy atom. The average molecular weight is 764 g/mol. The smallest absolute Gasteiger partial charge is 0.407 e. The molecule has 5 nitrogen and oxygen atoms in total. The summed E-state index contributed by atoms with van der Waals surface area (Å²) in [4.78, 5) is 25.5. The lowest BCUT2D eigenvalue weighted by molar-refractivity contribution is -0.138. The van der Waals surface area contributed by atoms with Crippen molar-refractivity contribution in [2.75, 3.05) is 24.7 Å². The summed E-state index contributed by atoms with van der Waals surface area (Å²) >= 11 is 3.51. The largest absolute Gasteiger partial charge is 0.460 e. The molecule has 0 aliphatic carbocycles. The van der Waals surface area contributed by atoms with Crippen LogP contribution in [0.1, 0.15) is 40.3 Å². The van der Waals surface area contributed by atoms with Crippen molar-refractivity contribution < 1.29 is 19.1 Å². The minimum absolute atomic E-state index is 0.00717. The lowest BCUT2D eigenvalue weighted by Gasteiger charge is -2.38. The van der Waals surface area contributed by atoms with Gasteiger partial charge in [-0.25, -0.2) is 9.59 Å². The molecular weight excluding hydrogens is 719 g/mol. The molecule has 0 saturated carbocycles. The Kier molecular flexibility index (Phi) is 13.7. The molecule has 0 saturated heterocycles. The van der Waals surface area contributed by atoms with E-state index < -0.39 is 27.7 Å². The van der Waals surface area contributed by atoms with Gasteiger partial charge in [0.15, 0.2) is 0 Å². The van der Waals surface area contributed by atoms with Crippen LogP contribution in [0.5, 0.6) is 0 Å². The lowest BCUT2D eigenvalue weighted by atomic mass is 9.84. The second-order valence-electron chi connectivity index (χ2n) is 13.1. The predicted molar refractivity (Wildman–Crippen MR) is 227 cm³/mol. The Morgan fingerprint density at radius 1 is 0.545 bits per heavy atom. The third-order valence-corrected chi connectivity index (χ3v) is 12.6. The topological polar surface area (TPSA) is 64.6 Å². The Morgan fingerprint density at radius 2 is 0.836 bits per heavy atom. The summed E-state index contributed by atoms with van der Waals surface area (Å²) in [6.45, 7) is 5.33. The van der Waals surface area contributed by atoms with Crippen LogP contribution in [-0.2, 0) is 23.8 Å². The minimum atomic E-state index is -0.612. The van der Waals surface area contributed by atoms with E-state index in [1.54, 1.807) is 30.4 Å². The Balaban J connectivity index is 1.39. The van der Waals surface area contributed by atoms with E-state index in [1.807, 2.05) is 36.4 Å². The van der Waals surface area contributed by atoms with Crippen LogP contribution in [0.3, 0.4) is 0 Å². The van der Waals surface area contributed by atoms with E-state index in [1.165, 1.54) is 0 Å². The van der Waals surface area contributed by atoms with Gasteiger partial charge in [0.1, 0.15) is 12.7 Å². The van der Waals surface area contributed by atoms with Crippen LogP contribution in [0.2, 0.25) is 0 Å². The van der Waals surface area contributed by atoms with Gasteiger partial charge in [0, 0.05) is 17.1 Å². The average Bonchev–Trinajstić information content (AvgIpc) is 3.25. The molecule has 1 N–H and O–H groups in total. The summed E-state index contributed by atoms with van der Waals surface area (Å²) in [7, 11) is 0. The molecule has 0 atom stereocenters. The number of ether oxygens (including phenoxy) is 2. The quantitative estimate of drug-likeness (QED) is 0.0432. The summed E-state index contributed by atoms with van der Waals surface area (Å²) in [5.41, 5.74) is 7.05. The maximum Gasteiger partial charge on any atom is 0.407 e. The van der Waals surface area contributed by atoms with Crippen LogP contribution in [0, 0.1) is 0 Å². The summed E-state index contributed by atoms with van der Waals surface area (Å²) in [5, 5.41) is 2.81. The number of rotatable bonds is 17. The Bertz CT molecular complexity index is 1780. The second kappa shape index (κ2) is 19.2. The number of benzene rings is 6. The number of nitrogens with one attached hydrogen (secondary N) is 1. The van der Waals surface area contributed by atoms with E-state index in [-0.39, 0.29) is 13.2 Å². The highest BCUT2D eigenvalue weighted by Gasteiger charge is 2.41. The van der Waals surface area contributed by atoms with E-state index in [0.29, 0.717) is 17.1 Å². The number of amides is 1. The molecule has 0 fully saturated rings. The number of esters is 1. The molecule has 0 radical (unpaired) electrons. The summed E-state index contributed by atoms with van der Waals surface area (Å²) in [6.07, 6.45) is -1.12. The van der Waals surface area contributed by atoms with Gasteiger partial charge in [-0.3, -0.25) is 0 Å². The maximum atomic E-state index is 13.6. The minimum Gasteiger partial charge on any atom is -0.460 e. The fourth-order valence-electron chi connectivity index (χ4n) is 6.70. The maximum absolute atomic E-state index is 13.6. The molecule has 55 heavy (non-hydrogen) atoms. The normalized spacial score (nSPS) is 11.5. The highest BCUT2D eigenvalue weighted by Crippen LogP contribution is 2.51. The molecule has 0 heterocycles. The number of thioether (sulfide) groups is 2. The van der Waals surface area contributed by atoms with Crippen molar-refractivity contribution in [3.63, 3.8) is 0 Å². The highest BCUT2D eigenvalue weighted by atomic mass is 32.2. The van der Waals surface area contributed by atoms with E-state index in [2.05, 4.69) is 157 Å². The van der Waals surface area contributed by atoms with E-state index >= 15 is 0 Å². The third-order valence-electron chi connectivity index (χ3n) is 9.28. The third kappa shape index (κ3) is 9.42. The number of carbonyl (C=O) groups excluding carboxylic acids is 2. The zero-order chi connectivity index (χ0) is 38.4. The van der Waals surface area contributed by atoms with Gasteiger partial charge in [-0.05, 0) is 40.3 Å². The summed E-state index contributed by atoms with van der Waals surface area (Å²) in [6, 6.07) is 63.1. The van der Waals surface area contributed by atoms with Crippen LogP contribution >= 0.6 is 23.5 Å². The van der Waals surface area contributed by atoms with Gasteiger partial charge in [-0.2, -0.15) is 0 Å². The first kappa shape index (κ1) is 39.2. The summed E-state index contributed by atoms with van der Waals surface area (Å²) in [5.74, 6) is 0.440. The van der Waals surface area contributed by atoms with E-state index in [0.717, 1.165) is 33.4 Å². The molecular formula is C48H45NO4S2. The van der Waals surface area contributed by atoms with Crippen LogP contribution in [0.25, 0.3) is 0 Å².